The molecule has 0 fully saturated rings. The van der Waals surface area contributed by atoms with Gasteiger partial charge in [0.25, 0.3) is 0 Å². The van der Waals surface area contributed by atoms with Crippen molar-refractivity contribution in [2.45, 2.75) is 26.2 Å². The molecule has 0 spiro atoms. The van der Waals surface area contributed by atoms with Gasteiger partial charge in [0.15, 0.2) is 0 Å². The molecule has 0 aliphatic heterocycles. The average Bonchev–Trinajstić information content (AvgIpc) is 2.58. The lowest BCUT2D eigenvalue weighted by Crippen LogP contribution is -2.18. The molecule has 0 aliphatic carbocycles. The minimum Gasteiger partial charge on any atom is -0.316 e. The van der Waals surface area contributed by atoms with Gasteiger partial charge in [0.1, 0.15) is 0 Å². The summed E-state index contributed by atoms with van der Waals surface area (Å²) in [5, 5.41) is 6.69. The Kier molecular flexibility index (Phi) is 5.49. The Morgan fingerprint density at radius 3 is 3.07 bits per heavy atom. The Morgan fingerprint density at radius 2 is 2.43 bits per heavy atom. The number of hydrogen-bond donors (Lipinski definition) is 1. The lowest BCUT2D eigenvalue weighted by molar-refractivity contribution is 0.649. The quantitative estimate of drug-likeness (QED) is 0.552. The molecule has 0 bridgehead atoms. The Balaban J connectivity index is 2.01. The molecule has 1 rings (SSSR count). The van der Waals surface area contributed by atoms with Gasteiger partial charge in [-0.25, -0.2) is 4.98 Å². The third-order valence-corrected chi connectivity index (χ3v) is 2.81. The number of rotatable bonds is 7. The van der Waals surface area contributed by atoms with Crippen LogP contribution in [-0.2, 0) is 6.42 Å². The highest BCUT2D eigenvalue weighted by Crippen LogP contribution is 2.07. The highest BCUT2D eigenvalue weighted by atomic mass is 32.1. The molecule has 0 saturated heterocycles. The highest BCUT2D eigenvalue weighted by Gasteiger charge is 1.96. The van der Waals surface area contributed by atoms with Gasteiger partial charge in [0.2, 0.25) is 0 Å². The number of aromatic nitrogens is 1. The standard InChI is InChI=1S/C11H18N2S/c1-3-4-5-7-12-8-6-11-9-14-10(2)13-11/h3,9,12H,1,4-8H2,2H3. The van der Waals surface area contributed by atoms with Gasteiger partial charge >= 0.3 is 0 Å². The molecule has 1 heterocycles. The van der Waals surface area contributed by atoms with Gasteiger partial charge in [0.05, 0.1) is 10.7 Å². The monoisotopic (exact) mass is 210 g/mol. The number of allylic oxidation sites excluding steroid dienone is 1. The number of hydrogen-bond acceptors (Lipinski definition) is 3. The minimum absolute atomic E-state index is 1.03. The molecular weight excluding hydrogens is 192 g/mol. The van der Waals surface area contributed by atoms with Crippen LogP contribution in [0.3, 0.4) is 0 Å². The zero-order chi connectivity index (χ0) is 10.2. The first kappa shape index (κ1) is 11.4. The van der Waals surface area contributed by atoms with Crippen LogP contribution in [0.5, 0.6) is 0 Å². The summed E-state index contributed by atoms with van der Waals surface area (Å²) in [6.07, 6.45) is 5.28. The summed E-state index contributed by atoms with van der Waals surface area (Å²) in [5.74, 6) is 0. The fourth-order valence-corrected chi connectivity index (χ4v) is 1.88. The maximum absolute atomic E-state index is 4.41. The molecule has 14 heavy (non-hydrogen) atoms. The van der Waals surface area contributed by atoms with Crippen LogP contribution in [0.4, 0.5) is 0 Å². The molecule has 1 N–H and O–H groups in total. The van der Waals surface area contributed by atoms with Crippen molar-refractivity contribution in [3.63, 3.8) is 0 Å². The lowest BCUT2D eigenvalue weighted by Gasteiger charge is -2.01. The number of unbranched alkanes of at least 4 members (excludes halogenated alkanes) is 1. The van der Waals surface area contributed by atoms with Crippen molar-refractivity contribution in [2.75, 3.05) is 13.1 Å². The normalized spacial score (nSPS) is 10.4. The molecule has 0 aliphatic rings. The van der Waals surface area contributed by atoms with E-state index in [9.17, 15) is 0 Å². The molecule has 1 aromatic rings. The predicted octanol–water partition coefficient (Wildman–Crippen LogP) is 2.55. The molecule has 0 atom stereocenters. The summed E-state index contributed by atoms with van der Waals surface area (Å²) < 4.78 is 0. The summed E-state index contributed by atoms with van der Waals surface area (Å²) in [6, 6.07) is 0. The van der Waals surface area contributed by atoms with Gasteiger partial charge < -0.3 is 5.32 Å². The van der Waals surface area contributed by atoms with E-state index in [0.717, 1.165) is 30.9 Å². The zero-order valence-electron chi connectivity index (χ0n) is 8.75. The van der Waals surface area contributed by atoms with Crippen LogP contribution in [0.25, 0.3) is 0 Å². The van der Waals surface area contributed by atoms with Crippen LogP contribution >= 0.6 is 11.3 Å². The van der Waals surface area contributed by atoms with Crippen LogP contribution in [0, 0.1) is 6.92 Å². The second kappa shape index (κ2) is 6.74. The van der Waals surface area contributed by atoms with Gasteiger partial charge in [-0.15, -0.1) is 17.9 Å². The largest absolute Gasteiger partial charge is 0.316 e. The molecule has 0 unspecified atom stereocenters. The van der Waals surface area contributed by atoms with E-state index >= 15 is 0 Å². The molecule has 0 saturated carbocycles. The first-order valence-electron chi connectivity index (χ1n) is 5.05. The van der Waals surface area contributed by atoms with Gasteiger partial charge in [-0.2, -0.15) is 0 Å². The third kappa shape index (κ3) is 4.53. The molecule has 78 valence electrons. The predicted molar refractivity (Wildman–Crippen MR) is 62.9 cm³/mol. The van der Waals surface area contributed by atoms with Gasteiger partial charge in [0, 0.05) is 18.3 Å². The Bertz CT molecular complexity index is 268. The number of thiazole rings is 1. The summed E-state index contributed by atoms with van der Waals surface area (Å²) in [6.45, 7) is 7.85. The van der Waals surface area contributed by atoms with Crippen molar-refractivity contribution in [3.05, 3.63) is 28.7 Å². The number of nitrogens with zero attached hydrogens (tertiary/aromatic N) is 1. The van der Waals surface area contributed by atoms with Crippen LogP contribution < -0.4 is 5.32 Å². The summed E-state index contributed by atoms with van der Waals surface area (Å²) in [7, 11) is 0. The van der Waals surface area contributed by atoms with E-state index < -0.39 is 0 Å². The van der Waals surface area contributed by atoms with E-state index in [-0.39, 0.29) is 0 Å². The number of nitrogens with one attached hydrogen (secondary N) is 1. The average molecular weight is 210 g/mol. The van der Waals surface area contributed by atoms with Gasteiger partial charge in [-0.05, 0) is 26.3 Å². The molecule has 2 nitrogen and oxygen atoms in total. The lowest BCUT2D eigenvalue weighted by atomic mass is 10.3. The van der Waals surface area contributed by atoms with Crippen molar-refractivity contribution in [1.82, 2.24) is 10.3 Å². The topological polar surface area (TPSA) is 24.9 Å². The fraction of sp³-hybridized carbons (Fsp3) is 0.545. The van der Waals surface area contributed by atoms with Crippen molar-refractivity contribution in [2.24, 2.45) is 0 Å². The van der Waals surface area contributed by atoms with Crippen molar-refractivity contribution < 1.29 is 0 Å². The van der Waals surface area contributed by atoms with E-state index in [1.807, 2.05) is 13.0 Å². The van der Waals surface area contributed by atoms with E-state index in [4.69, 9.17) is 0 Å². The maximum atomic E-state index is 4.41. The summed E-state index contributed by atoms with van der Waals surface area (Å²) in [4.78, 5) is 4.41. The van der Waals surface area contributed by atoms with Gasteiger partial charge in [-0.3, -0.25) is 0 Å². The van der Waals surface area contributed by atoms with Crippen LogP contribution in [0.15, 0.2) is 18.0 Å². The van der Waals surface area contributed by atoms with Crippen molar-refractivity contribution >= 4 is 11.3 Å². The Morgan fingerprint density at radius 1 is 1.57 bits per heavy atom. The number of aryl methyl sites for hydroxylation is 1. The Hall–Kier alpha value is -0.670. The molecular formula is C11H18N2S. The molecule has 0 aromatic carbocycles. The molecule has 3 heteroatoms. The smallest absolute Gasteiger partial charge is 0.0897 e. The molecule has 0 radical (unpaired) electrons. The van der Waals surface area contributed by atoms with E-state index in [1.165, 1.54) is 12.1 Å². The van der Waals surface area contributed by atoms with Crippen LogP contribution in [0.1, 0.15) is 23.5 Å². The SMILES string of the molecule is C=CCCCNCCc1csc(C)n1. The first-order valence-corrected chi connectivity index (χ1v) is 5.93. The second-order valence-electron chi connectivity index (χ2n) is 3.29. The second-order valence-corrected chi connectivity index (χ2v) is 4.35. The minimum atomic E-state index is 1.03. The molecule has 1 aromatic heterocycles. The highest BCUT2D eigenvalue weighted by molar-refractivity contribution is 7.09. The zero-order valence-corrected chi connectivity index (χ0v) is 9.57. The summed E-state index contributed by atoms with van der Waals surface area (Å²) in [5.41, 5.74) is 1.21. The fourth-order valence-electron chi connectivity index (χ4n) is 1.24. The van der Waals surface area contributed by atoms with Crippen LogP contribution in [-0.4, -0.2) is 18.1 Å². The van der Waals surface area contributed by atoms with Crippen LogP contribution in [0.2, 0.25) is 0 Å². The summed E-state index contributed by atoms with van der Waals surface area (Å²) >= 11 is 1.72. The third-order valence-electron chi connectivity index (χ3n) is 1.99. The van der Waals surface area contributed by atoms with E-state index in [1.54, 1.807) is 11.3 Å². The first-order chi connectivity index (χ1) is 6.83. The Labute approximate surface area is 90.1 Å². The van der Waals surface area contributed by atoms with Crippen molar-refractivity contribution in [3.8, 4) is 0 Å². The van der Waals surface area contributed by atoms with Crippen molar-refractivity contribution in [1.29, 1.82) is 0 Å². The molecule has 0 amide bonds. The van der Waals surface area contributed by atoms with E-state index in [0.29, 0.717) is 0 Å². The maximum Gasteiger partial charge on any atom is 0.0897 e. The van der Waals surface area contributed by atoms with Gasteiger partial charge in [-0.1, -0.05) is 6.08 Å². The van der Waals surface area contributed by atoms with E-state index in [2.05, 4.69) is 22.3 Å².